The lowest BCUT2D eigenvalue weighted by Crippen LogP contribution is -2.23. The molecule has 0 unspecified atom stereocenters. The molecule has 1 aromatic heterocycles. The van der Waals surface area contributed by atoms with Gasteiger partial charge in [-0.3, -0.25) is 4.79 Å². The normalized spacial score (nSPS) is 10.5. The van der Waals surface area contributed by atoms with Gasteiger partial charge in [-0.25, -0.2) is 4.68 Å². The van der Waals surface area contributed by atoms with Gasteiger partial charge in [-0.15, -0.1) is 0 Å². The van der Waals surface area contributed by atoms with Crippen LogP contribution in [-0.2, 0) is 13.0 Å². The standard InChI is InChI=1S/C14H16N2O/c1-3-12-6-4-5-7-13(12)10-16-14(17)9-8-11(2)15-16/h4-9H,3,10H2,1-2H3. The van der Waals surface area contributed by atoms with Crippen LogP contribution in [0.4, 0.5) is 0 Å². The lowest BCUT2D eigenvalue weighted by atomic mass is 10.1. The summed E-state index contributed by atoms with van der Waals surface area (Å²) in [5, 5.41) is 4.25. The summed E-state index contributed by atoms with van der Waals surface area (Å²) in [4.78, 5) is 11.7. The van der Waals surface area contributed by atoms with E-state index in [1.54, 1.807) is 12.1 Å². The number of benzene rings is 1. The molecule has 3 nitrogen and oxygen atoms in total. The van der Waals surface area contributed by atoms with Gasteiger partial charge >= 0.3 is 0 Å². The number of aromatic nitrogens is 2. The molecule has 2 aromatic rings. The largest absolute Gasteiger partial charge is 0.268 e. The fraction of sp³-hybridized carbons (Fsp3) is 0.286. The van der Waals surface area contributed by atoms with Crippen molar-refractivity contribution in [2.24, 2.45) is 0 Å². The Morgan fingerprint density at radius 1 is 1.12 bits per heavy atom. The molecule has 0 amide bonds. The summed E-state index contributed by atoms with van der Waals surface area (Å²) in [6, 6.07) is 11.5. The Balaban J connectivity index is 2.37. The topological polar surface area (TPSA) is 34.9 Å². The van der Waals surface area contributed by atoms with Gasteiger partial charge in [0.1, 0.15) is 0 Å². The second-order valence-corrected chi connectivity index (χ2v) is 4.09. The molecular formula is C14H16N2O. The van der Waals surface area contributed by atoms with Crippen LogP contribution < -0.4 is 5.56 Å². The van der Waals surface area contributed by atoms with Gasteiger partial charge in [-0.2, -0.15) is 5.10 Å². The first-order chi connectivity index (χ1) is 8.20. The van der Waals surface area contributed by atoms with E-state index in [-0.39, 0.29) is 5.56 Å². The van der Waals surface area contributed by atoms with Crippen molar-refractivity contribution in [2.45, 2.75) is 26.8 Å². The van der Waals surface area contributed by atoms with E-state index in [1.807, 2.05) is 19.1 Å². The third-order valence-electron chi connectivity index (χ3n) is 2.82. The SMILES string of the molecule is CCc1ccccc1Cn1nc(C)ccc1=O. The first kappa shape index (κ1) is 11.6. The number of rotatable bonds is 3. The van der Waals surface area contributed by atoms with Crippen LogP contribution in [0.5, 0.6) is 0 Å². The second-order valence-electron chi connectivity index (χ2n) is 4.09. The molecule has 0 fully saturated rings. The molecule has 88 valence electrons. The van der Waals surface area contributed by atoms with Crippen molar-refractivity contribution in [3.8, 4) is 0 Å². The van der Waals surface area contributed by atoms with Crippen molar-refractivity contribution in [1.29, 1.82) is 0 Å². The van der Waals surface area contributed by atoms with Gasteiger partial charge < -0.3 is 0 Å². The quantitative estimate of drug-likeness (QED) is 0.807. The Morgan fingerprint density at radius 2 is 1.82 bits per heavy atom. The van der Waals surface area contributed by atoms with E-state index < -0.39 is 0 Å². The molecule has 0 radical (unpaired) electrons. The second kappa shape index (κ2) is 4.95. The molecule has 17 heavy (non-hydrogen) atoms. The third kappa shape index (κ3) is 2.61. The van der Waals surface area contributed by atoms with Gasteiger partial charge in [-0.05, 0) is 30.5 Å². The highest BCUT2D eigenvalue weighted by Crippen LogP contribution is 2.09. The highest BCUT2D eigenvalue weighted by molar-refractivity contribution is 5.27. The van der Waals surface area contributed by atoms with E-state index >= 15 is 0 Å². The van der Waals surface area contributed by atoms with Crippen LogP contribution in [0, 0.1) is 6.92 Å². The molecule has 0 bridgehead atoms. The van der Waals surface area contributed by atoms with Crippen LogP contribution in [0.3, 0.4) is 0 Å². The molecule has 0 atom stereocenters. The van der Waals surface area contributed by atoms with Gasteiger partial charge in [0, 0.05) is 6.07 Å². The lowest BCUT2D eigenvalue weighted by molar-refractivity contribution is 0.625. The van der Waals surface area contributed by atoms with Crippen molar-refractivity contribution < 1.29 is 0 Å². The zero-order chi connectivity index (χ0) is 12.3. The molecule has 1 aromatic carbocycles. The Labute approximate surface area is 101 Å². The van der Waals surface area contributed by atoms with E-state index in [1.165, 1.54) is 10.2 Å². The number of aryl methyl sites for hydroxylation is 2. The molecule has 0 N–H and O–H groups in total. The Hall–Kier alpha value is -1.90. The molecule has 0 aliphatic rings. The number of hydrogen-bond donors (Lipinski definition) is 0. The molecule has 0 spiro atoms. The fourth-order valence-electron chi connectivity index (χ4n) is 1.88. The van der Waals surface area contributed by atoms with Crippen molar-refractivity contribution in [2.75, 3.05) is 0 Å². The van der Waals surface area contributed by atoms with E-state index in [4.69, 9.17) is 0 Å². The van der Waals surface area contributed by atoms with E-state index in [0.29, 0.717) is 6.54 Å². The molecule has 1 heterocycles. The van der Waals surface area contributed by atoms with Gasteiger partial charge in [0.05, 0.1) is 12.2 Å². The average Bonchev–Trinajstić information content (AvgIpc) is 2.34. The molecule has 0 aliphatic heterocycles. The Kier molecular flexibility index (Phi) is 3.38. The van der Waals surface area contributed by atoms with Gasteiger partial charge in [-0.1, -0.05) is 31.2 Å². The summed E-state index contributed by atoms with van der Waals surface area (Å²) >= 11 is 0. The summed E-state index contributed by atoms with van der Waals surface area (Å²) < 4.78 is 1.52. The molecule has 0 saturated heterocycles. The monoisotopic (exact) mass is 228 g/mol. The number of nitrogens with zero attached hydrogens (tertiary/aromatic N) is 2. The van der Waals surface area contributed by atoms with Gasteiger partial charge in [0.25, 0.3) is 5.56 Å². The molecule has 2 rings (SSSR count). The van der Waals surface area contributed by atoms with Gasteiger partial charge in [0.2, 0.25) is 0 Å². The fourth-order valence-corrected chi connectivity index (χ4v) is 1.88. The zero-order valence-corrected chi connectivity index (χ0v) is 10.2. The maximum absolute atomic E-state index is 11.7. The lowest BCUT2D eigenvalue weighted by Gasteiger charge is -2.09. The Morgan fingerprint density at radius 3 is 2.53 bits per heavy atom. The van der Waals surface area contributed by atoms with Crippen LogP contribution in [0.1, 0.15) is 23.7 Å². The first-order valence-corrected chi connectivity index (χ1v) is 5.82. The van der Waals surface area contributed by atoms with E-state index in [2.05, 4.69) is 24.2 Å². The number of hydrogen-bond acceptors (Lipinski definition) is 2. The predicted octanol–water partition coefficient (Wildman–Crippen LogP) is 2.16. The molecule has 3 heteroatoms. The summed E-state index contributed by atoms with van der Waals surface area (Å²) in [7, 11) is 0. The van der Waals surface area contributed by atoms with Crippen LogP contribution in [-0.4, -0.2) is 9.78 Å². The minimum absolute atomic E-state index is 0.0542. The minimum atomic E-state index is -0.0542. The molecule has 0 saturated carbocycles. The highest BCUT2D eigenvalue weighted by atomic mass is 16.1. The van der Waals surface area contributed by atoms with E-state index in [0.717, 1.165) is 17.7 Å². The smallest absolute Gasteiger partial charge is 0.267 e. The molecular weight excluding hydrogens is 212 g/mol. The van der Waals surface area contributed by atoms with Crippen LogP contribution in [0.2, 0.25) is 0 Å². The van der Waals surface area contributed by atoms with Crippen molar-refractivity contribution in [3.63, 3.8) is 0 Å². The van der Waals surface area contributed by atoms with Crippen molar-refractivity contribution in [3.05, 3.63) is 63.6 Å². The summed E-state index contributed by atoms with van der Waals surface area (Å²) in [6.45, 7) is 4.55. The Bertz CT molecular complexity index is 572. The van der Waals surface area contributed by atoms with Crippen LogP contribution in [0.15, 0.2) is 41.2 Å². The molecule has 0 aliphatic carbocycles. The van der Waals surface area contributed by atoms with Crippen molar-refractivity contribution in [1.82, 2.24) is 9.78 Å². The zero-order valence-electron chi connectivity index (χ0n) is 10.2. The summed E-state index contributed by atoms with van der Waals surface area (Å²) in [6.07, 6.45) is 0.969. The van der Waals surface area contributed by atoms with Crippen molar-refractivity contribution >= 4 is 0 Å². The third-order valence-corrected chi connectivity index (χ3v) is 2.82. The van der Waals surface area contributed by atoms with Crippen LogP contribution in [0.25, 0.3) is 0 Å². The van der Waals surface area contributed by atoms with Gasteiger partial charge in [0.15, 0.2) is 0 Å². The summed E-state index contributed by atoms with van der Waals surface area (Å²) in [5.74, 6) is 0. The first-order valence-electron chi connectivity index (χ1n) is 5.82. The van der Waals surface area contributed by atoms with E-state index in [9.17, 15) is 4.79 Å². The summed E-state index contributed by atoms with van der Waals surface area (Å²) in [5.41, 5.74) is 3.23. The average molecular weight is 228 g/mol. The highest BCUT2D eigenvalue weighted by Gasteiger charge is 2.03. The maximum atomic E-state index is 11.7. The minimum Gasteiger partial charge on any atom is -0.268 e. The predicted molar refractivity (Wildman–Crippen MR) is 68.2 cm³/mol. The maximum Gasteiger partial charge on any atom is 0.267 e. The van der Waals surface area contributed by atoms with Crippen LogP contribution >= 0.6 is 0 Å².